The molecule has 2 heterocycles. The maximum Gasteiger partial charge on any atom is 0.255 e. The molecule has 0 saturated carbocycles. The summed E-state index contributed by atoms with van der Waals surface area (Å²) in [7, 11) is -1.95. The molecule has 2 saturated heterocycles. The van der Waals surface area contributed by atoms with E-state index in [0.717, 1.165) is 31.0 Å². The highest BCUT2D eigenvalue weighted by Gasteiger charge is 2.42. The van der Waals surface area contributed by atoms with Gasteiger partial charge in [0.25, 0.3) is 5.91 Å². The van der Waals surface area contributed by atoms with E-state index in [0.29, 0.717) is 25.2 Å². The van der Waals surface area contributed by atoms with Crippen LogP contribution in [-0.2, 0) is 10.0 Å². The lowest BCUT2D eigenvalue weighted by atomic mass is 10.1. The SMILES string of the molecule is CCCN(C)S(=O)(=O)c1cccc(N2[C@@H]3CC[C@H]2CN(C(=O)c2ccc(F)cc2Cl)C3)c1. The number of amides is 1. The lowest BCUT2D eigenvalue weighted by Gasteiger charge is -2.42. The largest absolute Gasteiger partial charge is 0.362 e. The van der Waals surface area contributed by atoms with Crippen molar-refractivity contribution in [3.63, 3.8) is 0 Å². The number of carbonyl (C=O) groups excluding carboxylic acids is 1. The van der Waals surface area contributed by atoms with Crippen LogP contribution >= 0.6 is 11.6 Å². The van der Waals surface area contributed by atoms with Crippen molar-refractivity contribution in [2.45, 2.75) is 43.2 Å². The summed E-state index contributed by atoms with van der Waals surface area (Å²) in [5.41, 5.74) is 1.16. The van der Waals surface area contributed by atoms with Crippen molar-refractivity contribution in [1.29, 1.82) is 0 Å². The number of likely N-dealkylation sites (tertiary alicyclic amines) is 1. The van der Waals surface area contributed by atoms with Crippen molar-refractivity contribution in [1.82, 2.24) is 9.21 Å². The highest BCUT2D eigenvalue weighted by Crippen LogP contribution is 2.36. The smallest absolute Gasteiger partial charge is 0.255 e. The molecule has 0 radical (unpaired) electrons. The van der Waals surface area contributed by atoms with Crippen molar-refractivity contribution in [2.24, 2.45) is 0 Å². The molecule has 2 bridgehead atoms. The molecule has 172 valence electrons. The van der Waals surface area contributed by atoms with Crippen LogP contribution in [0.25, 0.3) is 0 Å². The molecule has 0 aromatic heterocycles. The van der Waals surface area contributed by atoms with Crippen molar-refractivity contribution in [3.05, 3.63) is 58.9 Å². The molecular formula is C23H27ClFN3O3S. The van der Waals surface area contributed by atoms with Gasteiger partial charge in [-0.25, -0.2) is 17.1 Å². The number of halogens is 2. The minimum Gasteiger partial charge on any atom is -0.362 e. The quantitative estimate of drug-likeness (QED) is 0.628. The number of benzene rings is 2. The maximum absolute atomic E-state index is 13.4. The number of anilines is 1. The molecule has 2 aromatic rings. The van der Waals surface area contributed by atoms with E-state index >= 15 is 0 Å². The summed E-state index contributed by atoms with van der Waals surface area (Å²) in [6.45, 7) is 3.43. The first-order chi connectivity index (χ1) is 15.2. The van der Waals surface area contributed by atoms with E-state index in [1.54, 1.807) is 30.1 Å². The number of piperazine rings is 1. The van der Waals surface area contributed by atoms with E-state index in [1.807, 2.05) is 13.0 Å². The molecule has 0 aliphatic carbocycles. The zero-order valence-corrected chi connectivity index (χ0v) is 19.7. The number of nitrogens with zero attached hydrogens (tertiary/aromatic N) is 3. The third-order valence-corrected chi connectivity index (χ3v) is 8.46. The van der Waals surface area contributed by atoms with Crippen LogP contribution in [0.15, 0.2) is 47.4 Å². The normalized spacial score (nSPS) is 20.8. The second-order valence-corrected chi connectivity index (χ2v) is 10.9. The Morgan fingerprint density at radius 3 is 2.47 bits per heavy atom. The van der Waals surface area contributed by atoms with Crippen LogP contribution in [0.3, 0.4) is 0 Å². The topological polar surface area (TPSA) is 60.9 Å². The highest BCUT2D eigenvalue weighted by molar-refractivity contribution is 7.89. The van der Waals surface area contributed by atoms with Gasteiger partial charge in [-0.15, -0.1) is 0 Å². The first-order valence-electron chi connectivity index (χ1n) is 10.8. The van der Waals surface area contributed by atoms with E-state index in [2.05, 4.69) is 4.90 Å². The molecule has 6 nitrogen and oxygen atoms in total. The first-order valence-corrected chi connectivity index (χ1v) is 12.6. The fraction of sp³-hybridized carbons (Fsp3) is 0.435. The molecule has 0 unspecified atom stereocenters. The molecular weight excluding hydrogens is 453 g/mol. The van der Waals surface area contributed by atoms with Crippen LogP contribution in [-0.4, -0.2) is 62.3 Å². The van der Waals surface area contributed by atoms with E-state index in [9.17, 15) is 17.6 Å². The Kier molecular flexibility index (Phi) is 6.47. The molecule has 4 rings (SSSR count). The summed E-state index contributed by atoms with van der Waals surface area (Å²) >= 11 is 6.11. The number of fused-ring (bicyclic) bond motifs is 2. The summed E-state index contributed by atoms with van der Waals surface area (Å²) < 4.78 is 40.6. The molecule has 32 heavy (non-hydrogen) atoms. The van der Waals surface area contributed by atoms with Crippen molar-refractivity contribution in [2.75, 3.05) is 31.6 Å². The lowest BCUT2D eigenvalue weighted by Crippen LogP contribution is -2.55. The van der Waals surface area contributed by atoms with Crippen LogP contribution in [0.4, 0.5) is 10.1 Å². The molecule has 2 aromatic carbocycles. The van der Waals surface area contributed by atoms with Gasteiger partial charge < -0.3 is 9.80 Å². The van der Waals surface area contributed by atoms with Gasteiger partial charge in [0.05, 0.1) is 15.5 Å². The molecule has 9 heteroatoms. The predicted octanol–water partition coefficient (Wildman–Crippen LogP) is 4.00. The van der Waals surface area contributed by atoms with Crippen molar-refractivity contribution in [3.8, 4) is 0 Å². The van der Waals surface area contributed by atoms with Crippen LogP contribution in [0.5, 0.6) is 0 Å². The maximum atomic E-state index is 13.4. The zero-order chi connectivity index (χ0) is 23.0. The number of sulfonamides is 1. The van der Waals surface area contributed by atoms with Crippen LogP contribution < -0.4 is 4.90 Å². The molecule has 2 atom stereocenters. The molecule has 2 aliphatic rings. The van der Waals surface area contributed by atoms with Gasteiger partial charge in [0, 0.05) is 44.5 Å². The summed E-state index contributed by atoms with van der Waals surface area (Å²) in [4.78, 5) is 17.3. The monoisotopic (exact) mass is 479 g/mol. The Hall–Kier alpha value is -2.16. The summed E-state index contributed by atoms with van der Waals surface area (Å²) in [5.74, 6) is -0.681. The molecule has 0 spiro atoms. The minimum absolute atomic E-state index is 0.0863. The summed E-state index contributed by atoms with van der Waals surface area (Å²) in [6, 6.07) is 11.1. The first kappa shape index (κ1) is 23.0. The predicted molar refractivity (Wildman–Crippen MR) is 123 cm³/mol. The van der Waals surface area contributed by atoms with Gasteiger partial charge in [0.1, 0.15) is 5.82 Å². The summed E-state index contributed by atoms with van der Waals surface area (Å²) in [6.07, 6.45) is 2.57. The average molecular weight is 480 g/mol. The number of rotatable bonds is 6. The number of hydrogen-bond donors (Lipinski definition) is 0. The second kappa shape index (κ2) is 9.00. The minimum atomic E-state index is -3.55. The molecule has 2 aliphatic heterocycles. The van der Waals surface area contributed by atoms with Gasteiger partial charge in [-0.05, 0) is 55.7 Å². The molecule has 2 fully saturated rings. The van der Waals surface area contributed by atoms with E-state index in [1.165, 1.54) is 16.4 Å². The zero-order valence-electron chi connectivity index (χ0n) is 18.2. The van der Waals surface area contributed by atoms with Gasteiger partial charge in [-0.2, -0.15) is 0 Å². The van der Waals surface area contributed by atoms with Crippen LogP contribution in [0.1, 0.15) is 36.5 Å². The Morgan fingerprint density at radius 2 is 1.84 bits per heavy atom. The number of carbonyl (C=O) groups is 1. The Bertz CT molecular complexity index is 1110. The fourth-order valence-corrected chi connectivity index (χ4v) is 6.29. The number of hydrogen-bond acceptors (Lipinski definition) is 4. The summed E-state index contributed by atoms with van der Waals surface area (Å²) in [5, 5.41) is 0.110. The van der Waals surface area contributed by atoms with E-state index in [-0.39, 0.29) is 27.9 Å². The van der Waals surface area contributed by atoms with Crippen molar-refractivity contribution >= 4 is 33.2 Å². The van der Waals surface area contributed by atoms with Crippen LogP contribution in [0.2, 0.25) is 5.02 Å². The highest BCUT2D eigenvalue weighted by atomic mass is 35.5. The fourth-order valence-electron chi connectivity index (χ4n) is 4.74. The Labute approximate surface area is 193 Å². The molecule has 0 N–H and O–H groups in total. The lowest BCUT2D eigenvalue weighted by molar-refractivity contribution is 0.0718. The van der Waals surface area contributed by atoms with Gasteiger partial charge in [0.15, 0.2) is 0 Å². The third kappa shape index (κ3) is 4.23. The average Bonchev–Trinajstić information content (AvgIpc) is 3.03. The van der Waals surface area contributed by atoms with Gasteiger partial charge in [0.2, 0.25) is 10.0 Å². The Balaban J connectivity index is 1.55. The third-order valence-electron chi connectivity index (χ3n) is 6.29. The van der Waals surface area contributed by atoms with E-state index < -0.39 is 15.8 Å². The van der Waals surface area contributed by atoms with Crippen LogP contribution in [0, 0.1) is 5.82 Å². The molecule has 1 amide bonds. The standard InChI is InChI=1S/C23H27ClFN3O3S/c1-3-11-26(2)32(30,31)20-6-4-5-17(13-20)28-18-8-9-19(28)15-27(14-18)23(29)21-10-7-16(25)12-22(21)24/h4-7,10,12-13,18-19H,3,8-9,11,14-15H2,1-2H3/t18-,19+. The van der Waals surface area contributed by atoms with Gasteiger partial charge in [-0.3, -0.25) is 4.79 Å². The van der Waals surface area contributed by atoms with Gasteiger partial charge >= 0.3 is 0 Å². The van der Waals surface area contributed by atoms with Gasteiger partial charge in [-0.1, -0.05) is 24.6 Å². The second-order valence-electron chi connectivity index (χ2n) is 8.45. The van der Waals surface area contributed by atoms with E-state index in [4.69, 9.17) is 11.6 Å². The Morgan fingerprint density at radius 1 is 1.16 bits per heavy atom. The van der Waals surface area contributed by atoms with Crippen molar-refractivity contribution < 1.29 is 17.6 Å².